The predicted octanol–water partition coefficient (Wildman–Crippen LogP) is 5.90. The summed E-state index contributed by atoms with van der Waals surface area (Å²) in [6.45, 7) is 7.94. The molecule has 2 unspecified atom stereocenters. The zero-order valence-electron chi connectivity index (χ0n) is 21.1. The number of ether oxygens (including phenoxy) is 1. The van der Waals surface area contributed by atoms with E-state index in [9.17, 15) is 14.4 Å². The first-order valence-electron chi connectivity index (χ1n) is 12.4. The Balaban J connectivity index is 1.49. The van der Waals surface area contributed by atoms with Gasteiger partial charge in [0.05, 0.1) is 17.9 Å². The Labute approximate surface area is 216 Å². The van der Waals surface area contributed by atoms with E-state index in [1.807, 2.05) is 18.2 Å². The zero-order valence-corrected chi connectivity index (χ0v) is 21.9. The van der Waals surface area contributed by atoms with Crippen LogP contribution < -0.4 is 10.6 Å². The van der Waals surface area contributed by atoms with Crippen molar-refractivity contribution in [3.63, 3.8) is 0 Å². The van der Waals surface area contributed by atoms with E-state index in [1.54, 1.807) is 37.8 Å². The minimum Gasteiger partial charge on any atom is -0.444 e. The summed E-state index contributed by atoms with van der Waals surface area (Å²) in [5.74, 6) is -0.367. The van der Waals surface area contributed by atoms with Gasteiger partial charge >= 0.3 is 17.9 Å². The summed E-state index contributed by atoms with van der Waals surface area (Å²) in [5.41, 5.74) is 1.52. The number of carbonyl (C=O) groups excluding carboxylic acids is 3. The van der Waals surface area contributed by atoms with Crippen LogP contribution in [0.2, 0.25) is 5.02 Å². The van der Waals surface area contributed by atoms with Crippen LogP contribution in [-0.2, 0) is 14.3 Å². The first-order valence-corrected chi connectivity index (χ1v) is 12.8. The highest BCUT2D eigenvalue weighted by molar-refractivity contribution is 6.39. The molecule has 1 aromatic carbocycles. The van der Waals surface area contributed by atoms with Crippen molar-refractivity contribution in [3.05, 3.63) is 52.7 Å². The number of aromatic nitrogens is 1. The van der Waals surface area contributed by atoms with Crippen molar-refractivity contribution < 1.29 is 19.1 Å². The molecule has 2 aromatic rings. The van der Waals surface area contributed by atoms with E-state index in [-0.39, 0.29) is 12.0 Å². The molecule has 0 bridgehead atoms. The van der Waals surface area contributed by atoms with Gasteiger partial charge in [-0.25, -0.2) is 9.78 Å². The highest BCUT2D eigenvalue weighted by Gasteiger charge is 2.35. The molecule has 2 heterocycles. The normalized spacial score (nSPS) is 20.0. The molecule has 36 heavy (non-hydrogen) atoms. The largest absolute Gasteiger partial charge is 0.444 e. The van der Waals surface area contributed by atoms with E-state index in [1.165, 1.54) is 6.20 Å². The number of halogens is 1. The fourth-order valence-corrected chi connectivity index (χ4v) is 4.71. The second kappa shape index (κ2) is 10.5. The van der Waals surface area contributed by atoms with Gasteiger partial charge in [0, 0.05) is 17.1 Å². The molecule has 192 valence electrons. The van der Waals surface area contributed by atoms with E-state index in [0.717, 1.165) is 36.8 Å². The summed E-state index contributed by atoms with van der Waals surface area (Å²) >= 11 is 6.19. The minimum atomic E-state index is -0.715. The van der Waals surface area contributed by atoms with E-state index in [4.69, 9.17) is 16.3 Å². The quantitative estimate of drug-likeness (QED) is 0.497. The summed E-state index contributed by atoms with van der Waals surface area (Å²) < 4.78 is 5.33. The molecule has 2 fully saturated rings. The number of nitrogens with zero attached hydrogens (tertiary/aromatic N) is 2. The van der Waals surface area contributed by atoms with Crippen molar-refractivity contribution in [2.24, 2.45) is 5.92 Å². The molecular weight excluding hydrogens is 480 g/mol. The van der Waals surface area contributed by atoms with Crippen molar-refractivity contribution in [1.29, 1.82) is 0 Å². The van der Waals surface area contributed by atoms with Gasteiger partial charge in [-0.05, 0) is 82.1 Å². The number of amides is 3. The first-order chi connectivity index (χ1) is 17.0. The molecule has 4 rings (SSSR count). The Kier molecular flexibility index (Phi) is 7.54. The molecule has 0 radical (unpaired) electrons. The van der Waals surface area contributed by atoms with Crippen LogP contribution in [0.3, 0.4) is 0 Å². The maximum absolute atomic E-state index is 13.3. The lowest BCUT2D eigenvalue weighted by molar-refractivity contribution is -0.146. The number of anilines is 2. The SMILES string of the molecule is CC1CCC(c2cccc(Cl)c2)N(C(=O)C(=O)Nc2cnc(NC(=O)OC(C)(C)C)c(C3CC3)c2)C1. The van der Waals surface area contributed by atoms with Gasteiger partial charge in [0.1, 0.15) is 11.4 Å². The molecule has 1 aliphatic heterocycles. The van der Waals surface area contributed by atoms with E-state index in [2.05, 4.69) is 22.5 Å². The number of hydrogen-bond donors (Lipinski definition) is 2. The predicted molar refractivity (Wildman–Crippen MR) is 139 cm³/mol. The second-order valence-electron chi connectivity index (χ2n) is 10.7. The van der Waals surface area contributed by atoms with Crippen molar-refractivity contribution >= 4 is 41.0 Å². The molecule has 1 saturated heterocycles. The molecule has 2 N–H and O–H groups in total. The molecule has 1 aromatic heterocycles. The number of pyridine rings is 1. The summed E-state index contributed by atoms with van der Waals surface area (Å²) in [5, 5.41) is 6.02. The van der Waals surface area contributed by atoms with Gasteiger partial charge in [-0.3, -0.25) is 14.9 Å². The molecule has 1 aliphatic carbocycles. The van der Waals surface area contributed by atoms with E-state index < -0.39 is 23.5 Å². The molecule has 2 aliphatic rings. The van der Waals surface area contributed by atoms with Crippen molar-refractivity contribution in [1.82, 2.24) is 9.88 Å². The number of benzene rings is 1. The molecule has 2 atom stereocenters. The van der Waals surface area contributed by atoms with Gasteiger partial charge in [-0.2, -0.15) is 0 Å². The van der Waals surface area contributed by atoms with Crippen LogP contribution in [0.15, 0.2) is 36.5 Å². The molecule has 8 nitrogen and oxygen atoms in total. The maximum atomic E-state index is 13.3. The summed E-state index contributed by atoms with van der Waals surface area (Å²) in [6, 6.07) is 9.00. The number of hydrogen-bond acceptors (Lipinski definition) is 5. The zero-order chi connectivity index (χ0) is 26.0. The van der Waals surface area contributed by atoms with Gasteiger partial charge < -0.3 is 15.0 Å². The third-order valence-electron chi connectivity index (χ3n) is 6.32. The summed E-state index contributed by atoms with van der Waals surface area (Å²) in [7, 11) is 0. The van der Waals surface area contributed by atoms with Crippen LogP contribution in [0.4, 0.5) is 16.3 Å². The number of carbonyl (C=O) groups is 3. The monoisotopic (exact) mass is 512 g/mol. The number of likely N-dealkylation sites (tertiary alicyclic amines) is 1. The van der Waals surface area contributed by atoms with E-state index >= 15 is 0 Å². The van der Waals surface area contributed by atoms with Crippen molar-refractivity contribution in [2.75, 3.05) is 17.2 Å². The van der Waals surface area contributed by atoms with Crippen LogP contribution >= 0.6 is 11.6 Å². The summed E-state index contributed by atoms with van der Waals surface area (Å²) in [4.78, 5) is 44.6. The number of nitrogens with one attached hydrogen (secondary N) is 2. The fraction of sp³-hybridized carbons (Fsp3) is 0.481. The highest BCUT2D eigenvalue weighted by atomic mass is 35.5. The topological polar surface area (TPSA) is 101 Å². The maximum Gasteiger partial charge on any atom is 0.413 e. The average molecular weight is 513 g/mol. The third-order valence-corrected chi connectivity index (χ3v) is 6.55. The highest BCUT2D eigenvalue weighted by Crippen LogP contribution is 2.43. The van der Waals surface area contributed by atoms with Crippen molar-refractivity contribution in [3.8, 4) is 0 Å². The fourth-order valence-electron chi connectivity index (χ4n) is 4.51. The standard InChI is InChI=1S/C27H33ClN4O4/c1-16-8-11-22(18-6-5-7-19(28)12-18)32(15-16)25(34)24(33)30-20-13-21(17-9-10-17)23(29-14-20)31-26(35)36-27(2,3)4/h5-7,12-14,16-17,22H,8-11,15H2,1-4H3,(H,30,33)(H,29,31,35). The Bertz CT molecular complexity index is 1160. The van der Waals surface area contributed by atoms with Crippen LogP contribution in [0.5, 0.6) is 0 Å². The Morgan fingerprint density at radius 2 is 1.83 bits per heavy atom. The smallest absolute Gasteiger partial charge is 0.413 e. The van der Waals surface area contributed by atoms with Crippen LogP contribution in [-0.4, -0.2) is 39.9 Å². The summed E-state index contributed by atoms with van der Waals surface area (Å²) in [6.07, 6.45) is 4.51. The lowest BCUT2D eigenvalue weighted by atomic mass is 9.90. The Hall–Kier alpha value is -3.13. The van der Waals surface area contributed by atoms with Gasteiger partial charge in [-0.15, -0.1) is 0 Å². The molecule has 1 saturated carbocycles. The Morgan fingerprint density at radius 3 is 2.50 bits per heavy atom. The third kappa shape index (κ3) is 6.55. The van der Waals surface area contributed by atoms with Crippen LogP contribution in [0.1, 0.15) is 76.5 Å². The van der Waals surface area contributed by atoms with Crippen molar-refractivity contribution in [2.45, 2.75) is 70.9 Å². The van der Waals surface area contributed by atoms with Gasteiger partial charge in [-0.1, -0.05) is 30.7 Å². The van der Waals surface area contributed by atoms with Gasteiger partial charge in [0.15, 0.2) is 0 Å². The number of piperidine rings is 1. The Morgan fingerprint density at radius 1 is 1.08 bits per heavy atom. The first kappa shape index (κ1) is 25.9. The second-order valence-corrected chi connectivity index (χ2v) is 11.2. The van der Waals surface area contributed by atoms with E-state index in [0.29, 0.717) is 29.0 Å². The molecule has 9 heteroatoms. The lowest BCUT2D eigenvalue weighted by Crippen LogP contribution is -2.46. The molecule has 3 amide bonds. The van der Waals surface area contributed by atoms with Crippen LogP contribution in [0.25, 0.3) is 0 Å². The van der Waals surface area contributed by atoms with Gasteiger partial charge in [0.25, 0.3) is 0 Å². The lowest BCUT2D eigenvalue weighted by Gasteiger charge is -2.38. The number of rotatable bonds is 4. The average Bonchev–Trinajstić information content (AvgIpc) is 3.63. The molecular formula is C27H33ClN4O4. The minimum absolute atomic E-state index is 0.210. The van der Waals surface area contributed by atoms with Gasteiger partial charge in [0.2, 0.25) is 0 Å². The van der Waals surface area contributed by atoms with Crippen LogP contribution in [0, 0.1) is 5.92 Å². The molecule has 0 spiro atoms.